The molecule has 8 nitrogen and oxygen atoms in total. The summed E-state index contributed by atoms with van der Waals surface area (Å²) in [5.41, 5.74) is 0.331. The molecule has 5 rings (SSSR count). The minimum Gasteiger partial charge on any atom is -0.456 e. The summed E-state index contributed by atoms with van der Waals surface area (Å²) in [5.74, 6) is 1.15. The standard InChI is InChI=1S/C25H24F3N5O3/c26-25(27,28)19-11-22(13-29-12-19)36-23(34)33-8-5-24(6-9-33)16-32(17-24)15-18-2-1-3-20(10-18)35-21-4-7-30-31-14-21/h1-4,7,10-14H,5-6,8-9,15-17H2. The average Bonchev–Trinajstić information content (AvgIpc) is 2.84. The van der Waals surface area contributed by atoms with E-state index in [1.54, 1.807) is 23.4 Å². The SMILES string of the molecule is O=C(Oc1cncc(C(F)(F)F)c1)N1CCC2(CC1)CN(Cc1cccc(Oc3ccnnc3)c1)C2. The normalized spacial score (nSPS) is 17.5. The number of aromatic nitrogens is 3. The Bertz CT molecular complexity index is 1210. The number of piperidine rings is 1. The second-order valence-corrected chi connectivity index (χ2v) is 9.23. The predicted octanol–water partition coefficient (Wildman–Crippen LogP) is 4.78. The van der Waals surface area contributed by atoms with E-state index in [9.17, 15) is 18.0 Å². The van der Waals surface area contributed by atoms with Crippen LogP contribution in [0.15, 0.2) is 61.2 Å². The number of alkyl halides is 3. The zero-order valence-corrected chi connectivity index (χ0v) is 19.3. The van der Waals surface area contributed by atoms with Gasteiger partial charge in [0.05, 0.1) is 24.2 Å². The van der Waals surface area contributed by atoms with E-state index in [-0.39, 0.29) is 11.2 Å². The average molecular weight is 499 g/mol. The first kappa shape index (κ1) is 24.0. The van der Waals surface area contributed by atoms with Crippen molar-refractivity contribution in [2.24, 2.45) is 5.41 Å². The lowest BCUT2D eigenvalue weighted by molar-refractivity contribution is -0.137. The van der Waals surface area contributed by atoms with Crippen molar-refractivity contribution in [1.82, 2.24) is 25.0 Å². The Kier molecular flexibility index (Phi) is 6.48. The number of likely N-dealkylation sites (tertiary alicyclic amines) is 2. The molecule has 2 saturated heterocycles. The van der Waals surface area contributed by atoms with Crippen molar-refractivity contribution in [3.63, 3.8) is 0 Å². The molecule has 2 aliphatic heterocycles. The zero-order valence-electron chi connectivity index (χ0n) is 19.3. The number of carbonyl (C=O) groups excluding carboxylic acids is 1. The number of carbonyl (C=O) groups is 1. The molecule has 0 N–H and O–H groups in total. The summed E-state index contributed by atoms with van der Waals surface area (Å²) in [6.45, 7) is 3.64. The zero-order chi connectivity index (χ0) is 25.2. The van der Waals surface area contributed by atoms with Crippen LogP contribution in [0.4, 0.5) is 18.0 Å². The van der Waals surface area contributed by atoms with Gasteiger partial charge in [0.1, 0.15) is 11.5 Å². The maximum atomic E-state index is 12.9. The smallest absolute Gasteiger partial charge is 0.418 e. The first-order chi connectivity index (χ1) is 17.3. The molecule has 2 aliphatic rings. The molecule has 0 saturated carbocycles. The van der Waals surface area contributed by atoms with E-state index in [0.717, 1.165) is 56.1 Å². The molecular formula is C25H24F3N5O3. The molecule has 4 heterocycles. The molecule has 0 aliphatic carbocycles. The highest BCUT2D eigenvalue weighted by molar-refractivity contribution is 5.70. The van der Waals surface area contributed by atoms with E-state index in [1.807, 2.05) is 18.2 Å². The largest absolute Gasteiger partial charge is 0.456 e. The van der Waals surface area contributed by atoms with Gasteiger partial charge in [-0.3, -0.25) is 9.88 Å². The van der Waals surface area contributed by atoms with Crippen LogP contribution in [-0.4, -0.2) is 57.3 Å². The summed E-state index contributed by atoms with van der Waals surface area (Å²) in [6, 6.07) is 10.5. The molecule has 0 bridgehead atoms. The Hall–Kier alpha value is -3.73. The van der Waals surface area contributed by atoms with Crippen LogP contribution >= 0.6 is 0 Å². The van der Waals surface area contributed by atoms with E-state index in [4.69, 9.17) is 9.47 Å². The molecule has 0 radical (unpaired) electrons. The molecule has 36 heavy (non-hydrogen) atoms. The lowest BCUT2D eigenvalue weighted by Crippen LogP contribution is -2.60. The van der Waals surface area contributed by atoms with E-state index in [0.29, 0.717) is 25.0 Å². The lowest BCUT2D eigenvalue weighted by Gasteiger charge is -2.54. The summed E-state index contributed by atoms with van der Waals surface area (Å²) in [7, 11) is 0. The van der Waals surface area contributed by atoms with Gasteiger partial charge >= 0.3 is 12.3 Å². The second kappa shape index (κ2) is 9.73. The van der Waals surface area contributed by atoms with Gasteiger partial charge in [-0.05, 0) is 42.0 Å². The topological polar surface area (TPSA) is 80.7 Å². The Labute approximate surface area is 205 Å². The molecule has 188 valence electrons. The summed E-state index contributed by atoms with van der Waals surface area (Å²) in [6.07, 6.45) is 1.38. The number of hydrogen-bond acceptors (Lipinski definition) is 7. The summed E-state index contributed by atoms with van der Waals surface area (Å²) < 4.78 is 49.6. The lowest BCUT2D eigenvalue weighted by atomic mass is 9.72. The van der Waals surface area contributed by atoms with E-state index in [1.165, 1.54) is 0 Å². The van der Waals surface area contributed by atoms with Crippen LogP contribution < -0.4 is 9.47 Å². The van der Waals surface area contributed by atoms with Crippen LogP contribution in [0.5, 0.6) is 17.2 Å². The van der Waals surface area contributed by atoms with E-state index >= 15 is 0 Å². The van der Waals surface area contributed by atoms with Crippen LogP contribution in [0, 0.1) is 5.41 Å². The maximum absolute atomic E-state index is 12.9. The second-order valence-electron chi connectivity index (χ2n) is 9.23. The van der Waals surface area contributed by atoms with Gasteiger partial charge in [0.25, 0.3) is 0 Å². The monoisotopic (exact) mass is 499 g/mol. The summed E-state index contributed by atoms with van der Waals surface area (Å²) in [4.78, 5) is 19.9. The number of benzene rings is 1. The van der Waals surface area contributed by atoms with Crippen LogP contribution in [0.2, 0.25) is 0 Å². The number of ether oxygens (including phenoxy) is 2. The molecule has 2 fully saturated rings. The molecule has 11 heteroatoms. The number of pyridine rings is 1. The van der Waals surface area contributed by atoms with E-state index < -0.39 is 17.8 Å². The predicted molar refractivity (Wildman–Crippen MR) is 122 cm³/mol. The Morgan fingerprint density at radius 2 is 1.78 bits per heavy atom. The van der Waals surface area contributed by atoms with Crippen molar-refractivity contribution in [3.8, 4) is 17.2 Å². The van der Waals surface area contributed by atoms with Crippen molar-refractivity contribution < 1.29 is 27.4 Å². The Morgan fingerprint density at radius 3 is 2.50 bits per heavy atom. The van der Waals surface area contributed by atoms with Crippen molar-refractivity contribution >= 4 is 6.09 Å². The van der Waals surface area contributed by atoms with Gasteiger partial charge in [-0.2, -0.15) is 23.4 Å². The highest BCUT2D eigenvalue weighted by Crippen LogP contribution is 2.41. The number of hydrogen-bond donors (Lipinski definition) is 0. The van der Waals surface area contributed by atoms with Crippen LogP contribution in [-0.2, 0) is 12.7 Å². The fourth-order valence-corrected chi connectivity index (χ4v) is 4.73. The highest BCUT2D eigenvalue weighted by Gasteiger charge is 2.45. The molecule has 2 aromatic heterocycles. The third-order valence-corrected chi connectivity index (χ3v) is 6.54. The van der Waals surface area contributed by atoms with Gasteiger partial charge in [0.15, 0.2) is 5.75 Å². The molecular weight excluding hydrogens is 475 g/mol. The summed E-state index contributed by atoms with van der Waals surface area (Å²) >= 11 is 0. The van der Waals surface area contributed by atoms with Crippen LogP contribution in [0.25, 0.3) is 0 Å². The number of nitrogens with zero attached hydrogens (tertiary/aromatic N) is 5. The molecule has 1 amide bonds. The fourth-order valence-electron chi connectivity index (χ4n) is 4.73. The molecule has 0 unspecified atom stereocenters. The number of halogens is 3. The van der Waals surface area contributed by atoms with Gasteiger partial charge in [-0.25, -0.2) is 4.79 Å². The fraction of sp³-hybridized carbons (Fsp3) is 0.360. The third-order valence-electron chi connectivity index (χ3n) is 6.54. The Balaban J connectivity index is 1.09. The minimum atomic E-state index is -4.55. The van der Waals surface area contributed by atoms with Crippen molar-refractivity contribution in [3.05, 3.63) is 72.3 Å². The molecule has 1 aromatic carbocycles. The van der Waals surface area contributed by atoms with Crippen LogP contribution in [0.1, 0.15) is 24.0 Å². The van der Waals surface area contributed by atoms with Crippen molar-refractivity contribution in [2.75, 3.05) is 26.2 Å². The maximum Gasteiger partial charge on any atom is 0.418 e. The van der Waals surface area contributed by atoms with Gasteiger partial charge in [-0.1, -0.05) is 12.1 Å². The first-order valence-electron chi connectivity index (χ1n) is 11.5. The van der Waals surface area contributed by atoms with Crippen molar-refractivity contribution in [2.45, 2.75) is 25.6 Å². The van der Waals surface area contributed by atoms with E-state index in [2.05, 4.69) is 26.1 Å². The highest BCUT2D eigenvalue weighted by atomic mass is 19.4. The van der Waals surface area contributed by atoms with Gasteiger partial charge in [-0.15, -0.1) is 0 Å². The summed E-state index contributed by atoms with van der Waals surface area (Å²) in [5, 5.41) is 7.56. The van der Waals surface area contributed by atoms with Crippen molar-refractivity contribution in [1.29, 1.82) is 0 Å². The van der Waals surface area contributed by atoms with Crippen LogP contribution in [0.3, 0.4) is 0 Å². The molecule has 3 aromatic rings. The Morgan fingerprint density at radius 1 is 0.972 bits per heavy atom. The van der Waals surface area contributed by atoms with Gasteiger partial charge in [0.2, 0.25) is 0 Å². The quantitative estimate of drug-likeness (QED) is 0.500. The van der Waals surface area contributed by atoms with Gasteiger partial charge in [0, 0.05) is 45.0 Å². The third kappa shape index (κ3) is 5.56. The first-order valence-corrected chi connectivity index (χ1v) is 11.5. The minimum absolute atomic E-state index is 0.144. The van der Waals surface area contributed by atoms with Gasteiger partial charge < -0.3 is 14.4 Å². The molecule has 0 atom stereocenters. The number of amides is 1. The number of rotatable bonds is 5. The molecule has 1 spiro atoms.